The molecule has 1 aliphatic rings. The van der Waals surface area contributed by atoms with Crippen molar-refractivity contribution in [2.24, 2.45) is 5.73 Å². The molecule has 4 nitrogen and oxygen atoms in total. The molecule has 0 unspecified atom stereocenters. The van der Waals surface area contributed by atoms with Gasteiger partial charge in [0, 0.05) is 19.6 Å². The first-order valence-corrected chi connectivity index (χ1v) is 6.55. The Kier molecular flexibility index (Phi) is 3.55. The van der Waals surface area contributed by atoms with Gasteiger partial charge in [0.25, 0.3) is 0 Å². The lowest BCUT2D eigenvalue weighted by Crippen LogP contribution is -2.50. The molecule has 2 N–H and O–H groups in total. The molecule has 1 rings (SSSR count). The number of rotatable bonds is 3. The molecular weight excluding hydrogens is 200 g/mol. The topological polar surface area (TPSA) is 63.4 Å². The van der Waals surface area contributed by atoms with Crippen LogP contribution in [0.15, 0.2) is 0 Å². The molecule has 14 heavy (non-hydrogen) atoms. The predicted molar refractivity (Wildman–Crippen MR) is 57.5 cm³/mol. The number of piperidine rings is 1. The molecule has 0 aromatic carbocycles. The van der Waals surface area contributed by atoms with Crippen molar-refractivity contribution in [2.75, 3.05) is 19.6 Å². The molecule has 0 aromatic heterocycles. The van der Waals surface area contributed by atoms with Gasteiger partial charge in [0.15, 0.2) is 0 Å². The fourth-order valence-corrected chi connectivity index (χ4v) is 3.21. The van der Waals surface area contributed by atoms with Crippen LogP contribution in [-0.2, 0) is 10.0 Å². The van der Waals surface area contributed by atoms with Gasteiger partial charge in [-0.2, -0.15) is 0 Å². The van der Waals surface area contributed by atoms with Crippen LogP contribution in [0, 0.1) is 0 Å². The molecule has 1 saturated heterocycles. The van der Waals surface area contributed by atoms with Crippen molar-refractivity contribution in [1.29, 1.82) is 0 Å². The van der Waals surface area contributed by atoms with E-state index in [4.69, 9.17) is 5.73 Å². The van der Waals surface area contributed by atoms with E-state index in [2.05, 4.69) is 0 Å². The summed E-state index contributed by atoms with van der Waals surface area (Å²) in [6.45, 7) is 4.87. The maximum atomic E-state index is 12.1. The quantitative estimate of drug-likeness (QED) is 0.755. The van der Waals surface area contributed by atoms with Gasteiger partial charge in [0.05, 0.1) is 4.75 Å². The van der Waals surface area contributed by atoms with E-state index in [1.165, 1.54) is 0 Å². The molecule has 84 valence electrons. The highest BCUT2D eigenvalue weighted by molar-refractivity contribution is 7.90. The average molecular weight is 220 g/mol. The van der Waals surface area contributed by atoms with Gasteiger partial charge >= 0.3 is 0 Å². The lowest BCUT2D eigenvalue weighted by atomic mass is 10.2. The van der Waals surface area contributed by atoms with Gasteiger partial charge < -0.3 is 5.73 Å². The third-order valence-corrected chi connectivity index (χ3v) is 5.45. The molecule has 1 heterocycles. The molecule has 0 bridgehead atoms. The Balaban J connectivity index is 2.83. The van der Waals surface area contributed by atoms with Crippen LogP contribution >= 0.6 is 0 Å². The van der Waals surface area contributed by atoms with Crippen molar-refractivity contribution in [3.63, 3.8) is 0 Å². The fraction of sp³-hybridized carbons (Fsp3) is 1.00. The summed E-state index contributed by atoms with van der Waals surface area (Å²) in [5, 5.41) is 0. The van der Waals surface area contributed by atoms with Crippen LogP contribution in [0.2, 0.25) is 0 Å². The van der Waals surface area contributed by atoms with E-state index in [0.717, 1.165) is 19.3 Å². The molecule has 5 heteroatoms. The van der Waals surface area contributed by atoms with E-state index >= 15 is 0 Å². The van der Waals surface area contributed by atoms with Crippen LogP contribution in [-0.4, -0.2) is 37.1 Å². The summed E-state index contributed by atoms with van der Waals surface area (Å²) in [6, 6.07) is 0. The van der Waals surface area contributed by atoms with Crippen LogP contribution in [0.5, 0.6) is 0 Å². The highest BCUT2D eigenvalue weighted by Crippen LogP contribution is 2.23. The number of nitrogens with zero attached hydrogens (tertiary/aromatic N) is 1. The van der Waals surface area contributed by atoms with E-state index in [0.29, 0.717) is 13.1 Å². The molecule has 0 saturated carbocycles. The minimum Gasteiger partial charge on any atom is -0.329 e. The molecule has 0 aromatic rings. The summed E-state index contributed by atoms with van der Waals surface area (Å²) < 4.78 is 24.9. The second-order valence-corrected chi connectivity index (χ2v) is 7.00. The SMILES string of the molecule is CC(C)(CN)S(=O)(=O)N1CCCCC1. The number of nitrogens with two attached hydrogens (primary N) is 1. The summed E-state index contributed by atoms with van der Waals surface area (Å²) in [5.41, 5.74) is 5.49. The molecule has 0 spiro atoms. The molecule has 0 radical (unpaired) electrons. The maximum absolute atomic E-state index is 12.1. The first kappa shape index (κ1) is 11.9. The van der Waals surface area contributed by atoms with Crippen LogP contribution in [0.3, 0.4) is 0 Å². The van der Waals surface area contributed by atoms with Crippen LogP contribution in [0.1, 0.15) is 33.1 Å². The van der Waals surface area contributed by atoms with Crippen LogP contribution in [0.4, 0.5) is 0 Å². The average Bonchev–Trinajstić information content (AvgIpc) is 2.19. The van der Waals surface area contributed by atoms with Crippen molar-refractivity contribution in [1.82, 2.24) is 4.31 Å². The van der Waals surface area contributed by atoms with Crippen molar-refractivity contribution in [2.45, 2.75) is 37.9 Å². The van der Waals surface area contributed by atoms with Crippen molar-refractivity contribution < 1.29 is 8.42 Å². The van der Waals surface area contributed by atoms with Crippen LogP contribution in [0.25, 0.3) is 0 Å². The molecular formula is C9H20N2O2S. The third-order valence-electron chi connectivity index (χ3n) is 2.84. The Morgan fingerprint density at radius 2 is 1.71 bits per heavy atom. The summed E-state index contributed by atoms with van der Waals surface area (Å²) in [5.74, 6) is 0. The molecule has 0 aliphatic carbocycles. The molecule has 1 fully saturated rings. The van der Waals surface area contributed by atoms with Crippen molar-refractivity contribution >= 4 is 10.0 Å². The first-order chi connectivity index (χ1) is 6.42. The highest BCUT2D eigenvalue weighted by atomic mass is 32.2. The Labute approximate surface area is 86.5 Å². The Morgan fingerprint density at radius 3 is 2.14 bits per heavy atom. The summed E-state index contributed by atoms with van der Waals surface area (Å²) >= 11 is 0. The monoisotopic (exact) mass is 220 g/mol. The predicted octanol–water partition coefficient (Wildman–Crippen LogP) is 0.539. The fourth-order valence-electron chi connectivity index (χ4n) is 1.56. The van der Waals surface area contributed by atoms with Gasteiger partial charge in [-0.05, 0) is 26.7 Å². The zero-order valence-electron chi connectivity index (χ0n) is 8.99. The van der Waals surface area contributed by atoms with E-state index in [1.807, 2.05) is 0 Å². The normalized spacial score (nSPS) is 21.1. The van der Waals surface area contributed by atoms with E-state index in [9.17, 15) is 8.42 Å². The van der Waals surface area contributed by atoms with Gasteiger partial charge in [-0.1, -0.05) is 6.42 Å². The van der Waals surface area contributed by atoms with Gasteiger partial charge in [-0.25, -0.2) is 12.7 Å². The highest BCUT2D eigenvalue weighted by Gasteiger charge is 2.38. The number of hydrogen-bond acceptors (Lipinski definition) is 3. The standard InChI is InChI=1S/C9H20N2O2S/c1-9(2,8-10)14(12,13)11-6-4-3-5-7-11/h3-8,10H2,1-2H3. The van der Waals surface area contributed by atoms with Gasteiger partial charge in [-0.3, -0.25) is 0 Å². The van der Waals surface area contributed by atoms with Crippen LogP contribution < -0.4 is 5.73 Å². The summed E-state index contributed by atoms with van der Waals surface area (Å²) in [7, 11) is -3.20. The Hall–Kier alpha value is -0.130. The third kappa shape index (κ3) is 2.10. The van der Waals surface area contributed by atoms with E-state index in [1.54, 1.807) is 18.2 Å². The summed E-state index contributed by atoms with van der Waals surface area (Å²) in [4.78, 5) is 0. The largest absolute Gasteiger partial charge is 0.329 e. The second kappa shape index (κ2) is 4.16. The van der Waals surface area contributed by atoms with Gasteiger partial charge in [0.2, 0.25) is 10.0 Å². The lowest BCUT2D eigenvalue weighted by Gasteiger charge is -2.33. The second-order valence-electron chi connectivity index (χ2n) is 4.43. The maximum Gasteiger partial charge on any atom is 0.220 e. The van der Waals surface area contributed by atoms with Gasteiger partial charge in [0.1, 0.15) is 0 Å². The Bertz CT molecular complexity index is 279. The zero-order valence-corrected chi connectivity index (χ0v) is 9.81. The lowest BCUT2D eigenvalue weighted by molar-refractivity contribution is 0.335. The molecule has 0 amide bonds. The minimum atomic E-state index is -3.20. The summed E-state index contributed by atoms with van der Waals surface area (Å²) in [6.07, 6.45) is 3.08. The zero-order chi connectivity index (χ0) is 10.8. The number of sulfonamides is 1. The minimum absolute atomic E-state index is 0.172. The van der Waals surface area contributed by atoms with E-state index in [-0.39, 0.29) is 6.54 Å². The first-order valence-electron chi connectivity index (χ1n) is 5.11. The van der Waals surface area contributed by atoms with Crippen molar-refractivity contribution in [3.8, 4) is 0 Å². The van der Waals surface area contributed by atoms with E-state index < -0.39 is 14.8 Å². The van der Waals surface area contributed by atoms with Gasteiger partial charge in [-0.15, -0.1) is 0 Å². The smallest absolute Gasteiger partial charge is 0.220 e. The Morgan fingerprint density at radius 1 is 1.21 bits per heavy atom. The molecule has 1 aliphatic heterocycles. The van der Waals surface area contributed by atoms with Crippen molar-refractivity contribution in [3.05, 3.63) is 0 Å². The number of hydrogen-bond donors (Lipinski definition) is 1. The molecule has 0 atom stereocenters.